The molecule has 1 aliphatic heterocycles. The fourth-order valence-corrected chi connectivity index (χ4v) is 3.61. The molecule has 0 bridgehead atoms. The predicted molar refractivity (Wildman–Crippen MR) is 86.3 cm³/mol. The molecule has 0 saturated carbocycles. The molecule has 0 radical (unpaired) electrons. The molecule has 124 valence electrons. The van der Waals surface area contributed by atoms with Crippen molar-refractivity contribution < 1.29 is 13.8 Å². The Kier molecular flexibility index (Phi) is 3.76. The Balaban J connectivity index is 1.66. The molecule has 0 aliphatic carbocycles. The number of aromatic nitrogens is 3. The first-order valence-corrected chi connectivity index (χ1v) is 8.17. The van der Waals surface area contributed by atoms with Crippen LogP contribution < -0.4 is 10.3 Å². The molecular formula is C18H19F2N4+. The van der Waals surface area contributed by atoms with Gasteiger partial charge in [-0.1, -0.05) is 0 Å². The van der Waals surface area contributed by atoms with Gasteiger partial charge in [0, 0.05) is 29.9 Å². The summed E-state index contributed by atoms with van der Waals surface area (Å²) in [7, 11) is 0. The Morgan fingerprint density at radius 2 is 2.08 bits per heavy atom. The van der Waals surface area contributed by atoms with Crippen LogP contribution in [-0.4, -0.2) is 16.0 Å². The second kappa shape index (κ2) is 5.94. The SMILES string of the molecule is CC1CC(c2nc3cc[nH]c3c[nH+]2)CC(c2cc(F)ccc2F)N1. The van der Waals surface area contributed by atoms with E-state index < -0.39 is 5.82 Å². The second-order valence-corrected chi connectivity index (χ2v) is 6.52. The quantitative estimate of drug-likeness (QED) is 0.758. The van der Waals surface area contributed by atoms with Crippen LogP contribution >= 0.6 is 0 Å². The molecule has 3 atom stereocenters. The van der Waals surface area contributed by atoms with Gasteiger partial charge in [0.15, 0.2) is 0 Å². The van der Waals surface area contributed by atoms with E-state index in [1.54, 1.807) is 0 Å². The van der Waals surface area contributed by atoms with Gasteiger partial charge in [0.25, 0.3) is 5.82 Å². The maximum absolute atomic E-state index is 14.1. The third-order valence-corrected chi connectivity index (χ3v) is 4.73. The van der Waals surface area contributed by atoms with E-state index in [4.69, 9.17) is 0 Å². The summed E-state index contributed by atoms with van der Waals surface area (Å²) in [6.45, 7) is 2.06. The highest BCUT2D eigenvalue weighted by Crippen LogP contribution is 2.35. The van der Waals surface area contributed by atoms with Crippen molar-refractivity contribution in [3.8, 4) is 0 Å². The highest BCUT2D eigenvalue weighted by atomic mass is 19.1. The van der Waals surface area contributed by atoms with Crippen LogP contribution in [0.3, 0.4) is 0 Å². The zero-order valence-electron chi connectivity index (χ0n) is 13.3. The second-order valence-electron chi connectivity index (χ2n) is 6.52. The number of nitrogens with zero attached hydrogens (tertiary/aromatic N) is 1. The van der Waals surface area contributed by atoms with Gasteiger partial charge in [0.05, 0.1) is 5.92 Å². The fourth-order valence-electron chi connectivity index (χ4n) is 3.61. The minimum atomic E-state index is -0.415. The molecular weight excluding hydrogens is 310 g/mol. The molecule has 4 rings (SSSR count). The van der Waals surface area contributed by atoms with Crippen LogP contribution in [0.15, 0.2) is 36.7 Å². The molecule has 6 heteroatoms. The molecule has 4 nitrogen and oxygen atoms in total. The maximum atomic E-state index is 14.1. The standard InChI is InChI=1S/C18H18F2N4/c1-10-6-11(18-22-9-17-15(24-18)4-5-21-17)7-16(23-10)13-8-12(19)2-3-14(13)20/h2-5,8-11,16,21,23H,6-7H2,1H3/p+1. The first kappa shape index (κ1) is 15.2. The van der Waals surface area contributed by atoms with Crippen LogP contribution in [0.5, 0.6) is 0 Å². The topological polar surface area (TPSA) is 54.9 Å². The average Bonchev–Trinajstić information content (AvgIpc) is 3.04. The molecule has 24 heavy (non-hydrogen) atoms. The highest BCUT2D eigenvalue weighted by Gasteiger charge is 2.34. The normalized spacial score (nSPS) is 24.4. The summed E-state index contributed by atoms with van der Waals surface area (Å²) >= 11 is 0. The highest BCUT2D eigenvalue weighted by molar-refractivity contribution is 5.72. The molecule has 0 spiro atoms. The molecule has 3 unspecified atom stereocenters. The van der Waals surface area contributed by atoms with Gasteiger partial charge in [-0.2, -0.15) is 0 Å². The molecule has 2 aromatic heterocycles. The van der Waals surface area contributed by atoms with Crippen molar-refractivity contribution in [1.29, 1.82) is 0 Å². The third kappa shape index (κ3) is 2.78. The molecule has 1 aliphatic rings. The lowest BCUT2D eigenvalue weighted by atomic mass is 9.84. The van der Waals surface area contributed by atoms with Crippen molar-refractivity contribution in [3.05, 3.63) is 59.7 Å². The number of H-pyrrole nitrogens is 2. The first-order chi connectivity index (χ1) is 11.6. The molecule has 0 amide bonds. The number of halogens is 2. The van der Waals surface area contributed by atoms with Crippen molar-refractivity contribution in [3.63, 3.8) is 0 Å². The van der Waals surface area contributed by atoms with E-state index in [0.717, 1.165) is 29.3 Å². The van der Waals surface area contributed by atoms with E-state index >= 15 is 0 Å². The van der Waals surface area contributed by atoms with E-state index in [0.29, 0.717) is 12.0 Å². The van der Waals surface area contributed by atoms with Gasteiger partial charge in [0.2, 0.25) is 5.52 Å². The number of piperidine rings is 1. The summed E-state index contributed by atoms with van der Waals surface area (Å²) in [6, 6.07) is 5.52. The van der Waals surface area contributed by atoms with Crippen molar-refractivity contribution in [2.45, 2.75) is 37.8 Å². The molecule has 1 saturated heterocycles. The Morgan fingerprint density at radius 3 is 2.96 bits per heavy atom. The van der Waals surface area contributed by atoms with Gasteiger partial charge in [-0.25, -0.2) is 13.8 Å². The zero-order valence-corrected chi connectivity index (χ0v) is 13.3. The van der Waals surface area contributed by atoms with Gasteiger partial charge < -0.3 is 10.3 Å². The lowest BCUT2D eigenvalue weighted by Crippen LogP contribution is -2.40. The van der Waals surface area contributed by atoms with E-state index in [-0.39, 0.29) is 23.8 Å². The van der Waals surface area contributed by atoms with E-state index in [1.165, 1.54) is 12.1 Å². The summed E-state index contributed by atoms with van der Waals surface area (Å²) < 4.78 is 27.7. The number of benzene rings is 1. The summed E-state index contributed by atoms with van der Waals surface area (Å²) in [6.07, 6.45) is 5.32. The Hall–Kier alpha value is -2.34. The molecule has 1 fully saturated rings. The summed E-state index contributed by atoms with van der Waals surface area (Å²) in [5.74, 6) is 0.256. The Morgan fingerprint density at radius 1 is 1.21 bits per heavy atom. The number of hydrogen-bond donors (Lipinski definition) is 2. The van der Waals surface area contributed by atoms with Gasteiger partial charge in [-0.15, -0.1) is 0 Å². The number of rotatable bonds is 2. The summed E-state index contributed by atoms with van der Waals surface area (Å²) in [4.78, 5) is 11.0. The molecule has 3 heterocycles. The lowest BCUT2D eigenvalue weighted by molar-refractivity contribution is -0.397. The number of hydrogen-bond acceptors (Lipinski definition) is 2. The van der Waals surface area contributed by atoms with Crippen LogP contribution in [0.1, 0.15) is 43.1 Å². The zero-order chi connectivity index (χ0) is 16.7. The van der Waals surface area contributed by atoms with Crippen LogP contribution in [0.2, 0.25) is 0 Å². The van der Waals surface area contributed by atoms with E-state index in [9.17, 15) is 8.78 Å². The van der Waals surface area contributed by atoms with Crippen LogP contribution in [0.4, 0.5) is 8.78 Å². The minimum absolute atomic E-state index is 0.160. The molecule has 3 N–H and O–H groups in total. The Bertz CT molecular complexity index is 876. The smallest absolute Gasteiger partial charge is 0.300 e. The van der Waals surface area contributed by atoms with Crippen molar-refractivity contribution in [2.24, 2.45) is 0 Å². The minimum Gasteiger partial charge on any atom is -0.355 e. The van der Waals surface area contributed by atoms with Gasteiger partial charge in [-0.3, -0.25) is 0 Å². The summed E-state index contributed by atoms with van der Waals surface area (Å²) in [5.41, 5.74) is 2.24. The van der Waals surface area contributed by atoms with Gasteiger partial charge >= 0.3 is 0 Å². The largest absolute Gasteiger partial charge is 0.355 e. The van der Waals surface area contributed by atoms with Crippen LogP contribution in [0, 0.1) is 11.6 Å². The monoisotopic (exact) mass is 329 g/mol. The number of fused-ring (bicyclic) bond motifs is 1. The van der Waals surface area contributed by atoms with Crippen molar-refractivity contribution >= 4 is 11.0 Å². The molecule has 3 aromatic rings. The first-order valence-electron chi connectivity index (χ1n) is 8.17. The van der Waals surface area contributed by atoms with E-state index in [1.807, 2.05) is 18.5 Å². The fraction of sp³-hybridized carbons (Fsp3) is 0.333. The lowest BCUT2D eigenvalue weighted by Gasteiger charge is -2.33. The van der Waals surface area contributed by atoms with Crippen molar-refractivity contribution in [2.75, 3.05) is 0 Å². The van der Waals surface area contributed by atoms with Gasteiger partial charge in [0.1, 0.15) is 23.3 Å². The van der Waals surface area contributed by atoms with Crippen LogP contribution in [-0.2, 0) is 0 Å². The van der Waals surface area contributed by atoms with Crippen molar-refractivity contribution in [1.82, 2.24) is 15.3 Å². The maximum Gasteiger partial charge on any atom is 0.300 e. The average molecular weight is 329 g/mol. The number of aromatic amines is 2. The van der Waals surface area contributed by atoms with Gasteiger partial charge in [-0.05, 0) is 42.9 Å². The Labute approximate surface area is 138 Å². The number of nitrogens with one attached hydrogen (secondary N) is 3. The summed E-state index contributed by atoms with van der Waals surface area (Å²) in [5, 5.41) is 3.38. The third-order valence-electron chi connectivity index (χ3n) is 4.73. The van der Waals surface area contributed by atoms with Crippen LogP contribution in [0.25, 0.3) is 11.0 Å². The van der Waals surface area contributed by atoms with E-state index in [2.05, 4.69) is 27.2 Å². The predicted octanol–water partition coefficient (Wildman–Crippen LogP) is 3.25. The molecule has 1 aromatic carbocycles.